The summed E-state index contributed by atoms with van der Waals surface area (Å²) in [6.45, 7) is -1.81. The van der Waals surface area contributed by atoms with Crippen LogP contribution in [0.5, 0.6) is 17.2 Å². The minimum Gasteiger partial charge on any atom is -0.493 e. The first kappa shape index (κ1) is 17.0. The van der Waals surface area contributed by atoms with Crippen LogP contribution in [-0.2, 0) is 0 Å². The fourth-order valence-corrected chi connectivity index (χ4v) is 1.91. The monoisotopic (exact) mass is 303 g/mol. The highest BCUT2D eigenvalue weighted by atomic mass is 19.1. The number of methoxy groups -OCH3 is 3. The Balaban J connectivity index is 3.19. The Labute approximate surface area is 122 Å². The van der Waals surface area contributed by atoms with Gasteiger partial charge in [0.05, 0.1) is 21.3 Å². The maximum atomic E-state index is 12.5. The van der Waals surface area contributed by atoms with Crippen molar-refractivity contribution in [3.63, 3.8) is 0 Å². The highest BCUT2D eigenvalue weighted by Crippen LogP contribution is 2.38. The highest BCUT2D eigenvalue weighted by Gasteiger charge is 2.20. The first-order chi connectivity index (χ1) is 10.1. The van der Waals surface area contributed by atoms with Crippen molar-refractivity contribution in [3.05, 3.63) is 17.7 Å². The predicted molar refractivity (Wildman–Crippen MR) is 74.0 cm³/mol. The van der Waals surface area contributed by atoms with Gasteiger partial charge in [-0.15, -0.1) is 0 Å². The van der Waals surface area contributed by atoms with Crippen molar-refractivity contribution >= 4 is 5.91 Å². The Morgan fingerprint density at radius 1 is 1.00 bits per heavy atom. The van der Waals surface area contributed by atoms with E-state index in [2.05, 4.69) is 0 Å². The lowest BCUT2D eigenvalue weighted by atomic mass is 10.1. The molecule has 0 aliphatic heterocycles. The molecule has 0 fully saturated rings. The number of ether oxygens (including phenoxy) is 3. The minimum atomic E-state index is -0.740. The molecule has 1 aromatic carbocycles. The fraction of sp³-hybridized carbons (Fsp3) is 0.500. The van der Waals surface area contributed by atoms with Crippen molar-refractivity contribution in [1.82, 2.24) is 4.90 Å². The first-order valence-corrected chi connectivity index (χ1v) is 6.34. The van der Waals surface area contributed by atoms with Crippen molar-refractivity contribution < 1.29 is 27.8 Å². The van der Waals surface area contributed by atoms with E-state index in [1.165, 1.54) is 33.5 Å². The lowest BCUT2D eigenvalue weighted by molar-refractivity contribution is 0.0732. The molecule has 0 spiro atoms. The number of rotatable bonds is 8. The average Bonchev–Trinajstić information content (AvgIpc) is 2.52. The summed E-state index contributed by atoms with van der Waals surface area (Å²) in [5, 5.41) is 0. The first-order valence-electron chi connectivity index (χ1n) is 6.34. The van der Waals surface area contributed by atoms with Gasteiger partial charge in [-0.3, -0.25) is 4.79 Å². The lowest BCUT2D eigenvalue weighted by Crippen LogP contribution is -2.34. The van der Waals surface area contributed by atoms with E-state index in [0.717, 1.165) is 4.90 Å². The van der Waals surface area contributed by atoms with Gasteiger partial charge < -0.3 is 19.1 Å². The van der Waals surface area contributed by atoms with Crippen molar-refractivity contribution in [1.29, 1.82) is 0 Å². The molecule has 0 bridgehead atoms. The van der Waals surface area contributed by atoms with Gasteiger partial charge in [-0.25, -0.2) is 8.78 Å². The van der Waals surface area contributed by atoms with Crippen molar-refractivity contribution in [2.24, 2.45) is 0 Å². The molecule has 0 aliphatic carbocycles. The maximum absolute atomic E-state index is 12.5. The molecule has 0 atom stereocenters. The third kappa shape index (κ3) is 3.96. The van der Waals surface area contributed by atoms with Gasteiger partial charge in [-0.1, -0.05) is 0 Å². The second-order valence-corrected chi connectivity index (χ2v) is 4.08. The van der Waals surface area contributed by atoms with E-state index in [1.807, 2.05) is 0 Å². The quantitative estimate of drug-likeness (QED) is 0.738. The summed E-state index contributed by atoms with van der Waals surface area (Å²) in [7, 11) is 4.29. The van der Waals surface area contributed by atoms with Gasteiger partial charge in [0.2, 0.25) is 5.75 Å². The number of hydrogen-bond donors (Lipinski definition) is 0. The van der Waals surface area contributed by atoms with Crippen LogP contribution in [0.3, 0.4) is 0 Å². The van der Waals surface area contributed by atoms with Crippen LogP contribution < -0.4 is 14.2 Å². The number of carbonyl (C=O) groups is 1. The summed E-state index contributed by atoms with van der Waals surface area (Å²) in [5.41, 5.74) is 0.214. The van der Waals surface area contributed by atoms with Crippen LogP contribution >= 0.6 is 0 Å². The van der Waals surface area contributed by atoms with Crippen LogP contribution in [0.2, 0.25) is 0 Å². The number of benzene rings is 1. The molecule has 7 heteroatoms. The van der Waals surface area contributed by atoms with Crippen LogP contribution in [0, 0.1) is 0 Å². The van der Waals surface area contributed by atoms with Gasteiger partial charge >= 0.3 is 0 Å². The van der Waals surface area contributed by atoms with E-state index >= 15 is 0 Å². The van der Waals surface area contributed by atoms with Crippen LogP contribution in [0.1, 0.15) is 10.4 Å². The van der Waals surface area contributed by atoms with Crippen molar-refractivity contribution in [2.75, 3.05) is 47.8 Å². The Kier molecular flexibility index (Phi) is 6.71. The Hall–Kier alpha value is -2.05. The summed E-state index contributed by atoms with van der Waals surface area (Å²) in [6.07, 6.45) is 0. The molecule has 118 valence electrons. The molecular formula is C14H19F2NO4. The van der Waals surface area contributed by atoms with Crippen molar-refractivity contribution in [2.45, 2.75) is 0 Å². The van der Waals surface area contributed by atoms with Gasteiger partial charge in [0, 0.05) is 18.7 Å². The van der Waals surface area contributed by atoms with Gasteiger partial charge in [0.15, 0.2) is 11.5 Å². The third-order valence-corrected chi connectivity index (χ3v) is 2.91. The number of hydrogen-bond acceptors (Lipinski definition) is 4. The van der Waals surface area contributed by atoms with E-state index in [4.69, 9.17) is 14.2 Å². The zero-order valence-corrected chi connectivity index (χ0v) is 12.3. The van der Waals surface area contributed by atoms with Crippen LogP contribution in [-0.4, -0.2) is 58.6 Å². The summed E-state index contributed by atoms with van der Waals surface area (Å²) in [4.78, 5) is 13.4. The zero-order valence-electron chi connectivity index (χ0n) is 12.3. The summed E-state index contributed by atoms with van der Waals surface area (Å²) < 4.78 is 40.4. The SMILES string of the molecule is COc1cc(C(=O)N(CCF)CCF)cc(OC)c1OC. The fourth-order valence-electron chi connectivity index (χ4n) is 1.91. The highest BCUT2D eigenvalue weighted by molar-refractivity contribution is 5.95. The molecule has 0 radical (unpaired) electrons. The number of alkyl halides is 2. The van der Waals surface area contributed by atoms with E-state index in [0.29, 0.717) is 17.2 Å². The van der Waals surface area contributed by atoms with Gasteiger partial charge in [-0.05, 0) is 12.1 Å². The molecule has 1 amide bonds. The van der Waals surface area contributed by atoms with E-state index in [9.17, 15) is 13.6 Å². The van der Waals surface area contributed by atoms with Gasteiger partial charge in [-0.2, -0.15) is 0 Å². The summed E-state index contributed by atoms with van der Waals surface area (Å²) in [5.74, 6) is 0.463. The summed E-state index contributed by atoms with van der Waals surface area (Å²) >= 11 is 0. The molecule has 5 nitrogen and oxygen atoms in total. The van der Waals surface area contributed by atoms with Crippen LogP contribution in [0.15, 0.2) is 12.1 Å². The molecule has 0 unspecified atom stereocenters. The zero-order chi connectivity index (χ0) is 15.8. The largest absolute Gasteiger partial charge is 0.493 e. The average molecular weight is 303 g/mol. The lowest BCUT2D eigenvalue weighted by Gasteiger charge is -2.21. The molecule has 21 heavy (non-hydrogen) atoms. The Morgan fingerprint density at radius 3 is 1.81 bits per heavy atom. The maximum Gasteiger partial charge on any atom is 0.254 e. The number of amides is 1. The van der Waals surface area contributed by atoms with Crippen LogP contribution in [0.4, 0.5) is 8.78 Å². The van der Waals surface area contributed by atoms with Gasteiger partial charge in [0.25, 0.3) is 5.91 Å². The second kappa shape index (κ2) is 8.28. The predicted octanol–water partition coefficient (Wildman–Crippen LogP) is 2.09. The van der Waals surface area contributed by atoms with E-state index in [-0.39, 0.29) is 18.7 Å². The van der Waals surface area contributed by atoms with E-state index in [1.54, 1.807) is 0 Å². The van der Waals surface area contributed by atoms with Crippen molar-refractivity contribution in [3.8, 4) is 17.2 Å². The molecule has 0 saturated carbocycles. The number of nitrogens with zero attached hydrogens (tertiary/aromatic N) is 1. The normalized spacial score (nSPS) is 10.1. The van der Waals surface area contributed by atoms with Crippen LogP contribution in [0.25, 0.3) is 0 Å². The smallest absolute Gasteiger partial charge is 0.254 e. The topological polar surface area (TPSA) is 48.0 Å². The molecule has 0 aromatic heterocycles. The number of halogens is 2. The minimum absolute atomic E-state index is 0.167. The molecular weight excluding hydrogens is 284 g/mol. The molecule has 1 rings (SSSR count). The molecule has 0 aliphatic rings. The van der Waals surface area contributed by atoms with E-state index < -0.39 is 19.3 Å². The molecule has 0 heterocycles. The third-order valence-electron chi connectivity index (χ3n) is 2.91. The standard InChI is InChI=1S/C14H19F2NO4/c1-19-11-8-10(9-12(20-2)13(11)21-3)14(18)17(6-4-15)7-5-16/h8-9H,4-7H2,1-3H3. The molecule has 1 aromatic rings. The molecule has 0 saturated heterocycles. The second-order valence-electron chi connectivity index (χ2n) is 4.08. The Morgan fingerprint density at radius 2 is 1.48 bits per heavy atom. The molecule has 0 N–H and O–H groups in total. The Bertz CT molecular complexity index is 451. The number of carbonyl (C=O) groups excluding carboxylic acids is 1. The summed E-state index contributed by atoms with van der Waals surface area (Å²) in [6, 6.07) is 2.90. The van der Waals surface area contributed by atoms with Gasteiger partial charge in [0.1, 0.15) is 13.3 Å².